The number of hydrogen-bond acceptors (Lipinski definition) is 1. The highest BCUT2D eigenvalue weighted by molar-refractivity contribution is 6.31. The SMILES string of the molecule is CC(C)c1ccc(CC(O)c2ccccc2Cl)cc1. The highest BCUT2D eigenvalue weighted by Crippen LogP contribution is 2.26. The summed E-state index contributed by atoms with van der Waals surface area (Å²) in [6.07, 6.45) is 0.0286. The van der Waals surface area contributed by atoms with Gasteiger partial charge in [0.1, 0.15) is 0 Å². The molecule has 0 aliphatic heterocycles. The first-order chi connectivity index (χ1) is 9.08. The van der Waals surface area contributed by atoms with Crippen molar-refractivity contribution < 1.29 is 5.11 Å². The first kappa shape index (κ1) is 14.1. The summed E-state index contributed by atoms with van der Waals surface area (Å²) < 4.78 is 0. The van der Waals surface area contributed by atoms with Crippen molar-refractivity contribution in [3.05, 3.63) is 70.2 Å². The Hall–Kier alpha value is -1.31. The summed E-state index contributed by atoms with van der Waals surface area (Å²) in [5, 5.41) is 10.9. The lowest BCUT2D eigenvalue weighted by atomic mass is 9.97. The first-order valence-electron chi connectivity index (χ1n) is 6.59. The molecule has 0 saturated heterocycles. The molecule has 0 spiro atoms. The van der Waals surface area contributed by atoms with Crippen LogP contribution in [0.25, 0.3) is 0 Å². The number of benzene rings is 2. The van der Waals surface area contributed by atoms with E-state index in [2.05, 4.69) is 38.1 Å². The van der Waals surface area contributed by atoms with E-state index in [4.69, 9.17) is 11.6 Å². The molecule has 1 atom stereocenters. The van der Waals surface area contributed by atoms with Gasteiger partial charge in [0.15, 0.2) is 0 Å². The van der Waals surface area contributed by atoms with Crippen molar-refractivity contribution in [1.82, 2.24) is 0 Å². The van der Waals surface area contributed by atoms with Crippen LogP contribution in [0.1, 0.15) is 42.6 Å². The lowest BCUT2D eigenvalue weighted by Gasteiger charge is -2.13. The highest BCUT2D eigenvalue weighted by atomic mass is 35.5. The lowest BCUT2D eigenvalue weighted by molar-refractivity contribution is 0.178. The second kappa shape index (κ2) is 6.23. The van der Waals surface area contributed by atoms with E-state index in [1.165, 1.54) is 5.56 Å². The summed E-state index contributed by atoms with van der Waals surface area (Å²) in [4.78, 5) is 0. The van der Waals surface area contributed by atoms with Crippen LogP contribution in [0.3, 0.4) is 0 Å². The quantitative estimate of drug-likeness (QED) is 0.854. The average molecular weight is 275 g/mol. The molecule has 0 aliphatic carbocycles. The van der Waals surface area contributed by atoms with Gasteiger partial charge in [0.2, 0.25) is 0 Å². The number of aliphatic hydroxyl groups is 1. The Balaban J connectivity index is 2.11. The summed E-state index contributed by atoms with van der Waals surface area (Å²) >= 11 is 6.09. The fourth-order valence-electron chi connectivity index (χ4n) is 2.12. The Morgan fingerprint density at radius 2 is 1.63 bits per heavy atom. The smallest absolute Gasteiger partial charge is 0.0844 e. The summed E-state index contributed by atoms with van der Waals surface area (Å²) in [6.45, 7) is 4.35. The van der Waals surface area contributed by atoms with Gasteiger partial charge in [-0.2, -0.15) is 0 Å². The van der Waals surface area contributed by atoms with Crippen LogP contribution in [0, 0.1) is 0 Å². The van der Waals surface area contributed by atoms with Gasteiger partial charge in [-0.25, -0.2) is 0 Å². The van der Waals surface area contributed by atoms with Crippen molar-refractivity contribution in [3.63, 3.8) is 0 Å². The first-order valence-corrected chi connectivity index (χ1v) is 6.97. The van der Waals surface area contributed by atoms with Gasteiger partial charge in [-0.3, -0.25) is 0 Å². The maximum absolute atomic E-state index is 10.2. The van der Waals surface area contributed by atoms with E-state index in [1.807, 2.05) is 24.3 Å². The van der Waals surface area contributed by atoms with E-state index < -0.39 is 6.10 Å². The predicted molar refractivity (Wildman–Crippen MR) is 80.6 cm³/mol. The minimum Gasteiger partial charge on any atom is -0.388 e. The third-order valence-corrected chi connectivity index (χ3v) is 3.68. The molecule has 0 aromatic heterocycles. The molecule has 100 valence electrons. The van der Waals surface area contributed by atoms with Gasteiger partial charge in [0, 0.05) is 11.4 Å². The van der Waals surface area contributed by atoms with Gasteiger partial charge in [-0.1, -0.05) is 67.9 Å². The van der Waals surface area contributed by atoms with Crippen LogP contribution in [0.2, 0.25) is 5.02 Å². The summed E-state index contributed by atoms with van der Waals surface area (Å²) in [5.74, 6) is 0.530. The van der Waals surface area contributed by atoms with Crippen LogP contribution < -0.4 is 0 Å². The van der Waals surface area contributed by atoms with Gasteiger partial charge < -0.3 is 5.11 Å². The van der Waals surface area contributed by atoms with E-state index in [0.29, 0.717) is 17.4 Å². The van der Waals surface area contributed by atoms with E-state index >= 15 is 0 Å². The van der Waals surface area contributed by atoms with Crippen molar-refractivity contribution in [2.75, 3.05) is 0 Å². The van der Waals surface area contributed by atoms with Crippen molar-refractivity contribution in [1.29, 1.82) is 0 Å². The maximum atomic E-state index is 10.2. The third-order valence-electron chi connectivity index (χ3n) is 3.34. The summed E-state index contributed by atoms with van der Waals surface area (Å²) in [6, 6.07) is 15.9. The monoisotopic (exact) mass is 274 g/mol. The zero-order chi connectivity index (χ0) is 13.8. The molecule has 1 nitrogen and oxygen atoms in total. The average Bonchev–Trinajstić information content (AvgIpc) is 2.39. The minimum atomic E-state index is -0.557. The normalized spacial score (nSPS) is 12.7. The number of rotatable bonds is 4. The largest absolute Gasteiger partial charge is 0.388 e. The summed E-state index contributed by atoms with van der Waals surface area (Å²) in [7, 11) is 0. The van der Waals surface area contributed by atoms with Gasteiger partial charge in [0.05, 0.1) is 6.10 Å². The Labute approximate surface area is 119 Å². The van der Waals surface area contributed by atoms with Crippen molar-refractivity contribution in [2.24, 2.45) is 0 Å². The Bertz CT molecular complexity index is 531. The molecule has 0 amide bonds. The van der Waals surface area contributed by atoms with Gasteiger partial charge >= 0.3 is 0 Å². The number of halogens is 1. The Morgan fingerprint density at radius 1 is 1.00 bits per heavy atom. The van der Waals surface area contributed by atoms with Crippen molar-refractivity contribution in [2.45, 2.75) is 32.3 Å². The topological polar surface area (TPSA) is 20.2 Å². The van der Waals surface area contributed by atoms with Crippen LogP contribution >= 0.6 is 11.6 Å². The fraction of sp³-hybridized carbons (Fsp3) is 0.294. The molecule has 0 heterocycles. The third kappa shape index (κ3) is 3.59. The van der Waals surface area contributed by atoms with Crippen LogP contribution in [-0.4, -0.2) is 5.11 Å². The van der Waals surface area contributed by atoms with Crippen LogP contribution in [0.4, 0.5) is 0 Å². The molecule has 2 heteroatoms. The maximum Gasteiger partial charge on any atom is 0.0844 e. The molecular weight excluding hydrogens is 256 g/mol. The minimum absolute atomic E-state index is 0.530. The molecule has 2 aromatic carbocycles. The van der Waals surface area contributed by atoms with Crippen molar-refractivity contribution >= 4 is 11.6 Å². The van der Waals surface area contributed by atoms with Crippen molar-refractivity contribution in [3.8, 4) is 0 Å². The van der Waals surface area contributed by atoms with Gasteiger partial charge in [-0.05, 0) is 28.7 Å². The highest BCUT2D eigenvalue weighted by Gasteiger charge is 2.11. The molecule has 0 bridgehead atoms. The Morgan fingerprint density at radius 3 is 2.21 bits per heavy atom. The zero-order valence-electron chi connectivity index (χ0n) is 11.3. The standard InChI is InChI=1S/C17H19ClO/c1-12(2)14-9-7-13(8-10-14)11-17(19)15-5-3-4-6-16(15)18/h3-10,12,17,19H,11H2,1-2H3. The van der Waals surface area contributed by atoms with Crippen LogP contribution in [0.15, 0.2) is 48.5 Å². The van der Waals surface area contributed by atoms with E-state index in [0.717, 1.165) is 11.1 Å². The second-order valence-electron chi connectivity index (χ2n) is 5.14. The molecule has 0 aliphatic rings. The van der Waals surface area contributed by atoms with E-state index in [1.54, 1.807) is 0 Å². The van der Waals surface area contributed by atoms with E-state index in [-0.39, 0.29) is 0 Å². The van der Waals surface area contributed by atoms with Crippen LogP contribution in [-0.2, 0) is 6.42 Å². The molecule has 2 rings (SSSR count). The predicted octanol–water partition coefficient (Wildman–Crippen LogP) is 4.74. The zero-order valence-corrected chi connectivity index (χ0v) is 12.1. The van der Waals surface area contributed by atoms with Crippen LogP contribution in [0.5, 0.6) is 0 Å². The molecule has 1 N–H and O–H groups in total. The molecule has 0 radical (unpaired) electrons. The molecule has 19 heavy (non-hydrogen) atoms. The van der Waals surface area contributed by atoms with E-state index in [9.17, 15) is 5.11 Å². The molecule has 1 unspecified atom stereocenters. The number of aliphatic hydroxyl groups excluding tert-OH is 1. The number of hydrogen-bond donors (Lipinski definition) is 1. The second-order valence-corrected chi connectivity index (χ2v) is 5.54. The molecule has 2 aromatic rings. The fourth-order valence-corrected chi connectivity index (χ4v) is 2.38. The van der Waals surface area contributed by atoms with Gasteiger partial charge in [-0.15, -0.1) is 0 Å². The Kier molecular flexibility index (Phi) is 4.62. The molecular formula is C17H19ClO. The summed E-state index contributed by atoms with van der Waals surface area (Å²) in [5.41, 5.74) is 3.23. The molecule has 0 saturated carbocycles. The lowest BCUT2D eigenvalue weighted by Crippen LogP contribution is -2.02. The molecule has 0 fully saturated rings. The van der Waals surface area contributed by atoms with Gasteiger partial charge in [0.25, 0.3) is 0 Å².